The van der Waals surface area contributed by atoms with Gasteiger partial charge in [0.25, 0.3) is 0 Å². The van der Waals surface area contributed by atoms with Crippen LogP contribution in [-0.4, -0.2) is 21.3 Å². The van der Waals surface area contributed by atoms with Crippen molar-refractivity contribution in [1.82, 2.24) is 9.97 Å². The predicted octanol–water partition coefficient (Wildman–Crippen LogP) is 3.11. The van der Waals surface area contributed by atoms with Crippen LogP contribution in [-0.2, 0) is 0 Å². The number of hydrogen-bond donors (Lipinski definition) is 1. The van der Waals surface area contributed by atoms with Crippen LogP contribution in [0.4, 0.5) is 0 Å². The molecule has 0 aliphatic heterocycles. The van der Waals surface area contributed by atoms with Gasteiger partial charge in [-0.1, -0.05) is 41.5 Å². The van der Waals surface area contributed by atoms with Gasteiger partial charge in [-0.15, -0.1) is 0 Å². The molecule has 0 aliphatic carbocycles. The highest BCUT2D eigenvalue weighted by molar-refractivity contribution is 7.78. The molecule has 0 fully saturated rings. The van der Waals surface area contributed by atoms with Crippen LogP contribution in [0.5, 0.6) is 0 Å². The van der Waals surface area contributed by atoms with E-state index in [4.69, 9.17) is 28.9 Å². The normalized spacial score (nSPS) is 11.4. The minimum atomic E-state index is 0.235. The van der Waals surface area contributed by atoms with Crippen molar-refractivity contribution in [3.05, 3.63) is 46.3 Å². The lowest BCUT2D eigenvalue weighted by atomic mass is 10.1. The Labute approximate surface area is 125 Å². The summed E-state index contributed by atoms with van der Waals surface area (Å²) in [4.78, 5) is 12.0. The van der Waals surface area contributed by atoms with Crippen molar-refractivity contribution in [2.24, 2.45) is 10.7 Å². The monoisotopic (exact) mass is 310 g/mol. The largest absolute Gasteiger partial charge is 0.382 e. The van der Waals surface area contributed by atoms with Gasteiger partial charge in [-0.25, -0.2) is 15.0 Å². The van der Waals surface area contributed by atoms with Gasteiger partial charge in [0, 0.05) is 5.56 Å². The molecule has 2 N–H and O–H groups in total. The van der Waals surface area contributed by atoms with E-state index in [0.717, 1.165) is 5.56 Å². The molecule has 4 nitrogen and oxygen atoms in total. The average molecular weight is 311 g/mol. The second-order valence-electron chi connectivity index (χ2n) is 3.54. The van der Waals surface area contributed by atoms with Gasteiger partial charge in [0.2, 0.25) is 0 Å². The molecule has 1 heterocycles. The van der Waals surface area contributed by atoms with Crippen molar-refractivity contribution in [1.29, 1.82) is 0 Å². The number of aromatic nitrogens is 2. The Morgan fingerprint density at radius 3 is 2.68 bits per heavy atom. The van der Waals surface area contributed by atoms with E-state index in [-0.39, 0.29) is 5.84 Å². The van der Waals surface area contributed by atoms with Crippen molar-refractivity contribution in [2.75, 3.05) is 0 Å². The Balaban J connectivity index is 2.45. The van der Waals surface area contributed by atoms with E-state index in [1.54, 1.807) is 18.2 Å². The van der Waals surface area contributed by atoms with Crippen LogP contribution in [0.25, 0.3) is 11.3 Å². The Morgan fingerprint density at radius 2 is 2.00 bits per heavy atom. The highest BCUT2D eigenvalue weighted by atomic mass is 35.5. The van der Waals surface area contributed by atoms with Crippen LogP contribution < -0.4 is 5.73 Å². The maximum Gasteiger partial charge on any atom is 0.150 e. The highest BCUT2D eigenvalue weighted by Crippen LogP contribution is 2.27. The molecule has 7 heteroatoms. The number of thiocarbonyl (C=S) groups is 1. The molecule has 0 bridgehead atoms. The molecule has 0 saturated carbocycles. The molecular weight excluding hydrogens is 303 g/mol. The third kappa shape index (κ3) is 3.26. The van der Waals surface area contributed by atoms with Crippen LogP contribution in [0.1, 0.15) is 5.69 Å². The first-order valence-corrected chi connectivity index (χ1v) is 6.39. The number of hydrogen-bond acceptors (Lipinski definition) is 3. The third-order valence-electron chi connectivity index (χ3n) is 2.34. The Bertz CT molecular complexity index is 658. The zero-order chi connectivity index (χ0) is 13.8. The minimum Gasteiger partial charge on any atom is -0.382 e. The lowest BCUT2D eigenvalue weighted by molar-refractivity contribution is 1.15. The summed E-state index contributed by atoms with van der Waals surface area (Å²) in [6.45, 7) is 0. The van der Waals surface area contributed by atoms with Crippen LogP contribution >= 0.6 is 35.4 Å². The summed E-state index contributed by atoms with van der Waals surface area (Å²) < 4.78 is 0. The summed E-state index contributed by atoms with van der Waals surface area (Å²) in [5.41, 5.74) is 8.89. The van der Waals surface area contributed by atoms with Gasteiger partial charge >= 0.3 is 0 Å². The summed E-state index contributed by atoms with van der Waals surface area (Å²) in [6, 6.07) is 6.95. The summed E-state index contributed by atoms with van der Waals surface area (Å²) in [7, 11) is 0. The maximum absolute atomic E-state index is 5.97. The first-order valence-electron chi connectivity index (χ1n) is 5.16. The SMILES string of the molecule is NC(=NC=S)c1cc(-c2ccc(Cl)c(Cl)c2)ncn1. The quantitative estimate of drug-likeness (QED) is 0.537. The summed E-state index contributed by atoms with van der Waals surface area (Å²) in [5.74, 6) is 0.235. The molecule has 0 radical (unpaired) electrons. The van der Waals surface area contributed by atoms with E-state index in [9.17, 15) is 0 Å². The molecular formula is C12H8Cl2N4S. The van der Waals surface area contributed by atoms with Crippen LogP contribution in [0.2, 0.25) is 10.0 Å². The van der Waals surface area contributed by atoms with Crippen LogP contribution in [0.15, 0.2) is 35.6 Å². The van der Waals surface area contributed by atoms with Crippen LogP contribution in [0.3, 0.4) is 0 Å². The van der Waals surface area contributed by atoms with Crippen molar-refractivity contribution >= 4 is 46.7 Å². The summed E-state index contributed by atoms with van der Waals surface area (Å²) in [6.07, 6.45) is 1.40. The zero-order valence-corrected chi connectivity index (χ0v) is 11.9. The van der Waals surface area contributed by atoms with Gasteiger partial charge in [-0.2, -0.15) is 0 Å². The number of rotatable bonds is 3. The molecule has 0 atom stereocenters. The predicted molar refractivity (Wildman–Crippen MR) is 81.9 cm³/mol. The maximum atomic E-state index is 5.97. The first kappa shape index (κ1) is 13.9. The fraction of sp³-hybridized carbons (Fsp3) is 0. The topological polar surface area (TPSA) is 64.2 Å². The second-order valence-corrected chi connectivity index (χ2v) is 4.56. The van der Waals surface area contributed by atoms with Crippen LogP contribution in [0, 0.1) is 0 Å². The lowest BCUT2D eigenvalue weighted by Crippen LogP contribution is -2.15. The molecule has 1 aromatic heterocycles. The minimum absolute atomic E-state index is 0.235. The van der Waals surface area contributed by atoms with E-state index in [1.807, 2.05) is 6.07 Å². The standard InChI is InChI=1S/C12H8Cl2N4S/c13-8-2-1-7(3-9(8)14)10-4-11(17-5-16-10)12(15)18-6-19/h1-6H,(H2,15,18,19). The van der Waals surface area contributed by atoms with Gasteiger partial charge in [0.15, 0.2) is 0 Å². The zero-order valence-electron chi connectivity index (χ0n) is 9.55. The fourth-order valence-corrected chi connectivity index (χ4v) is 1.85. The molecule has 2 rings (SSSR count). The summed E-state index contributed by atoms with van der Waals surface area (Å²) >= 11 is 16.5. The second kappa shape index (κ2) is 6.06. The highest BCUT2D eigenvalue weighted by Gasteiger charge is 2.06. The molecule has 0 aliphatic rings. The van der Waals surface area contributed by atoms with Gasteiger partial charge < -0.3 is 5.73 Å². The van der Waals surface area contributed by atoms with Crippen molar-refractivity contribution < 1.29 is 0 Å². The third-order valence-corrected chi connectivity index (χ3v) is 3.18. The fourth-order valence-electron chi connectivity index (χ4n) is 1.43. The molecule has 1 aromatic carbocycles. The first-order chi connectivity index (χ1) is 9.11. The lowest BCUT2D eigenvalue weighted by Gasteiger charge is -2.04. The average Bonchev–Trinajstić information content (AvgIpc) is 2.42. The van der Waals surface area contributed by atoms with Gasteiger partial charge in [0.05, 0.1) is 21.2 Å². The van der Waals surface area contributed by atoms with Crippen molar-refractivity contribution in [3.8, 4) is 11.3 Å². The number of benzene rings is 1. The molecule has 0 amide bonds. The van der Waals surface area contributed by atoms with E-state index < -0.39 is 0 Å². The molecule has 0 unspecified atom stereocenters. The molecule has 19 heavy (non-hydrogen) atoms. The number of amidine groups is 1. The molecule has 2 aromatic rings. The Hall–Kier alpha value is -1.56. The molecule has 0 spiro atoms. The molecule has 96 valence electrons. The smallest absolute Gasteiger partial charge is 0.150 e. The van der Waals surface area contributed by atoms with Crippen molar-refractivity contribution in [3.63, 3.8) is 0 Å². The van der Waals surface area contributed by atoms with E-state index in [0.29, 0.717) is 21.4 Å². The number of nitrogens with zero attached hydrogens (tertiary/aromatic N) is 3. The molecule has 0 saturated heterocycles. The summed E-state index contributed by atoms with van der Waals surface area (Å²) in [5, 5.41) is 0.946. The number of aliphatic imine (C=N–C) groups is 1. The van der Waals surface area contributed by atoms with Gasteiger partial charge in [-0.05, 0) is 18.2 Å². The van der Waals surface area contributed by atoms with E-state index >= 15 is 0 Å². The van der Waals surface area contributed by atoms with Gasteiger partial charge in [0.1, 0.15) is 17.9 Å². The van der Waals surface area contributed by atoms with E-state index in [1.165, 1.54) is 11.8 Å². The van der Waals surface area contributed by atoms with Gasteiger partial charge in [-0.3, -0.25) is 0 Å². The van der Waals surface area contributed by atoms with E-state index in [2.05, 4.69) is 27.2 Å². The van der Waals surface area contributed by atoms with Crippen molar-refractivity contribution in [2.45, 2.75) is 0 Å². The number of nitrogens with two attached hydrogens (primary N) is 1. The Kier molecular flexibility index (Phi) is 4.42. The Morgan fingerprint density at radius 1 is 1.21 bits per heavy atom. The number of halogens is 2.